The lowest BCUT2D eigenvalue weighted by molar-refractivity contribution is 0.897. The molecule has 0 bridgehead atoms. The highest BCUT2D eigenvalue weighted by Gasteiger charge is 2.02. The van der Waals surface area contributed by atoms with E-state index in [-0.39, 0.29) is 5.56 Å². The monoisotopic (exact) mass is 269 g/mol. The van der Waals surface area contributed by atoms with Crippen molar-refractivity contribution in [3.05, 3.63) is 63.0 Å². The number of aryl methyl sites for hydroxylation is 1. The summed E-state index contributed by atoms with van der Waals surface area (Å²) in [5, 5.41) is 3.93. The second kappa shape index (κ2) is 4.78. The van der Waals surface area contributed by atoms with E-state index in [1.165, 1.54) is 27.5 Å². The number of hydrogen-bond acceptors (Lipinski definition) is 4. The minimum atomic E-state index is -0.157. The maximum Gasteiger partial charge on any atom is 0.275 e. The first-order valence-electron chi connectivity index (χ1n) is 5.81. The first kappa shape index (κ1) is 11.8. The third-order valence-corrected chi connectivity index (χ3v) is 3.50. The minimum absolute atomic E-state index is 0.157. The normalized spacial score (nSPS) is 11.4. The average molecular weight is 269 g/mol. The van der Waals surface area contributed by atoms with Crippen LogP contribution in [-0.2, 0) is 0 Å². The molecule has 0 aliphatic carbocycles. The van der Waals surface area contributed by atoms with Gasteiger partial charge in [0.25, 0.3) is 5.56 Å². The standard InChI is InChI=1S/C14H11N3OS/c1-10-4-2-3-5-11(10)6-7-12-8-13(18)17-14(16-12)19-9-15-17/h2-9H,1H3. The second-order valence-electron chi connectivity index (χ2n) is 4.14. The lowest BCUT2D eigenvalue weighted by atomic mass is 10.1. The summed E-state index contributed by atoms with van der Waals surface area (Å²) in [5.41, 5.74) is 4.41. The minimum Gasteiger partial charge on any atom is -0.267 e. The molecule has 3 rings (SSSR count). The maximum atomic E-state index is 11.8. The smallest absolute Gasteiger partial charge is 0.267 e. The summed E-state index contributed by atoms with van der Waals surface area (Å²) in [4.78, 5) is 16.8. The van der Waals surface area contributed by atoms with E-state index in [1.54, 1.807) is 5.51 Å². The average Bonchev–Trinajstić information content (AvgIpc) is 2.87. The van der Waals surface area contributed by atoms with Crippen LogP contribution in [0.15, 0.2) is 40.6 Å². The summed E-state index contributed by atoms with van der Waals surface area (Å²) in [6.07, 6.45) is 3.82. The number of fused-ring (bicyclic) bond motifs is 1. The van der Waals surface area contributed by atoms with E-state index in [0.717, 1.165) is 5.56 Å². The van der Waals surface area contributed by atoms with E-state index in [4.69, 9.17) is 0 Å². The molecule has 0 aliphatic heterocycles. The van der Waals surface area contributed by atoms with Crippen LogP contribution in [-0.4, -0.2) is 14.6 Å². The molecule has 0 aliphatic rings. The predicted molar refractivity (Wildman–Crippen MR) is 77.2 cm³/mol. The Morgan fingerprint density at radius 2 is 2.11 bits per heavy atom. The SMILES string of the molecule is Cc1ccccc1C=Cc1cc(=O)n2ncsc2n1. The van der Waals surface area contributed by atoms with Gasteiger partial charge in [0.2, 0.25) is 4.96 Å². The maximum absolute atomic E-state index is 11.8. The van der Waals surface area contributed by atoms with Gasteiger partial charge in [0, 0.05) is 6.07 Å². The summed E-state index contributed by atoms with van der Waals surface area (Å²) >= 11 is 1.35. The summed E-state index contributed by atoms with van der Waals surface area (Å²) < 4.78 is 1.30. The molecular formula is C14H11N3OS. The zero-order valence-electron chi connectivity index (χ0n) is 10.3. The van der Waals surface area contributed by atoms with Crippen LogP contribution in [0, 0.1) is 6.92 Å². The third-order valence-electron chi connectivity index (χ3n) is 2.83. The van der Waals surface area contributed by atoms with Crippen molar-refractivity contribution < 1.29 is 0 Å². The van der Waals surface area contributed by atoms with Gasteiger partial charge in [-0.1, -0.05) is 41.7 Å². The first-order chi connectivity index (χ1) is 9.24. The van der Waals surface area contributed by atoms with Gasteiger partial charge in [0.1, 0.15) is 5.51 Å². The molecule has 0 unspecified atom stereocenters. The highest BCUT2D eigenvalue weighted by Crippen LogP contribution is 2.11. The van der Waals surface area contributed by atoms with Crippen molar-refractivity contribution in [2.75, 3.05) is 0 Å². The van der Waals surface area contributed by atoms with Crippen molar-refractivity contribution in [3.8, 4) is 0 Å². The molecule has 5 heteroatoms. The van der Waals surface area contributed by atoms with Crippen molar-refractivity contribution in [3.63, 3.8) is 0 Å². The van der Waals surface area contributed by atoms with Gasteiger partial charge in [0.15, 0.2) is 0 Å². The Hall–Kier alpha value is -2.27. The Bertz CT molecular complexity index is 817. The van der Waals surface area contributed by atoms with E-state index >= 15 is 0 Å². The van der Waals surface area contributed by atoms with Gasteiger partial charge in [-0.25, -0.2) is 4.98 Å². The molecule has 0 atom stereocenters. The summed E-state index contributed by atoms with van der Waals surface area (Å²) in [5.74, 6) is 0. The van der Waals surface area contributed by atoms with Crippen molar-refractivity contribution in [2.24, 2.45) is 0 Å². The molecule has 19 heavy (non-hydrogen) atoms. The molecule has 0 amide bonds. The van der Waals surface area contributed by atoms with E-state index < -0.39 is 0 Å². The summed E-state index contributed by atoms with van der Waals surface area (Å²) in [7, 11) is 0. The fourth-order valence-corrected chi connectivity index (χ4v) is 2.44. The van der Waals surface area contributed by atoms with E-state index in [0.29, 0.717) is 10.7 Å². The Kier molecular flexibility index (Phi) is 2.97. The Morgan fingerprint density at radius 1 is 1.26 bits per heavy atom. The van der Waals surface area contributed by atoms with Crippen molar-refractivity contribution in [1.82, 2.24) is 14.6 Å². The number of hydrogen-bond donors (Lipinski definition) is 0. The number of aromatic nitrogens is 3. The van der Waals surface area contributed by atoms with Crippen LogP contribution in [0.25, 0.3) is 17.1 Å². The third kappa shape index (κ3) is 2.32. The largest absolute Gasteiger partial charge is 0.275 e. The molecule has 4 nitrogen and oxygen atoms in total. The number of benzene rings is 1. The molecule has 3 aromatic rings. The fraction of sp³-hybridized carbons (Fsp3) is 0.0714. The zero-order valence-corrected chi connectivity index (χ0v) is 11.1. The number of rotatable bonds is 2. The van der Waals surface area contributed by atoms with Crippen molar-refractivity contribution in [2.45, 2.75) is 6.92 Å². The molecule has 0 radical (unpaired) electrons. The van der Waals surface area contributed by atoms with Gasteiger partial charge < -0.3 is 0 Å². The van der Waals surface area contributed by atoms with Crippen LogP contribution >= 0.6 is 11.3 Å². The van der Waals surface area contributed by atoms with Crippen LogP contribution in [0.1, 0.15) is 16.8 Å². The van der Waals surface area contributed by atoms with Gasteiger partial charge >= 0.3 is 0 Å². The van der Waals surface area contributed by atoms with Gasteiger partial charge in [0.05, 0.1) is 5.69 Å². The Morgan fingerprint density at radius 3 is 2.95 bits per heavy atom. The Labute approximate surface area is 113 Å². The van der Waals surface area contributed by atoms with Crippen LogP contribution in [0.2, 0.25) is 0 Å². The molecule has 2 aromatic heterocycles. The van der Waals surface area contributed by atoms with Gasteiger partial charge in [-0.15, -0.1) is 0 Å². The van der Waals surface area contributed by atoms with Crippen LogP contribution in [0.4, 0.5) is 0 Å². The van der Waals surface area contributed by atoms with Crippen LogP contribution in [0.3, 0.4) is 0 Å². The molecule has 1 aromatic carbocycles. The topological polar surface area (TPSA) is 47.3 Å². The van der Waals surface area contributed by atoms with Crippen LogP contribution in [0.5, 0.6) is 0 Å². The molecule has 0 saturated heterocycles. The highest BCUT2D eigenvalue weighted by molar-refractivity contribution is 7.14. The first-order valence-corrected chi connectivity index (χ1v) is 6.69. The highest BCUT2D eigenvalue weighted by atomic mass is 32.1. The van der Waals surface area contributed by atoms with E-state index in [9.17, 15) is 4.79 Å². The van der Waals surface area contributed by atoms with E-state index in [2.05, 4.69) is 10.1 Å². The van der Waals surface area contributed by atoms with E-state index in [1.807, 2.05) is 43.3 Å². The lowest BCUT2D eigenvalue weighted by Crippen LogP contribution is -2.13. The number of nitrogens with zero attached hydrogens (tertiary/aromatic N) is 3. The predicted octanol–water partition coefficient (Wildman–Crippen LogP) is 2.63. The summed E-state index contributed by atoms with van der Waals surface area (Å²) in [6.45, 7) is 2.05. The van der Waals surface area contributed by atoms with Crippen molar-refractivity contribution in [1.29, 1.82) is 0 Å². The molecule has 0 fully saturated rings. The van der Waals surface area contributed by atoms with Gasteiger partial charge in [-0.05, 0) is 24.1 Å². The quantitative estimate of drug-likeness (QED) is 0.718. The lowest BCUT2D eigenvalue weighted by Gasteiger charge is -1.98. The molecule has 0 spiro atoms. The molecule has 0 N–H and O–H groups in total. The molecular weight excluding hydrogens is 258 g/mol. The Balaban J connectivity index is 2.02. The second-order valence-corrected chi connectivity index (χ2v) is 4.95. The van der Waals surface area contributed by atoms with Crippen molar-refractivity contribution >= 4 is 28.4 Å². The molecule has 2 heterocycles. The molecule has 0 saturated carbocycles. The van der Waals surface area contributed by atoms with Gasteiger partial charge in [-0.3, -0.25) is 4.79 Å². The summed E-state index contributed by atoms with van der Waals surface area (Å²) in [6, 6.07) is 9.56. The fourth-order valence-electron chi connectivity index (χ4n) is 1.81. The molecule has 94 valence electrons. The zero-order chi connectivity index (χ0) is 13.2. The van der Waals surface area contributed by atoms with Crippen LogP contribution < -0.4 is 5.56 Å². The van der Waals surface area contributed by atoms with Gasteiger partial charge in [-0.2, -0.15) is 9.61 Å².